The van der Waals surface area contributed by atoms with Gasteiger partial charge in [0.1, 0.15) is 0 Å². The van der Waals surface area contributed by atoms with Crippen LogP contribution in [0.3, 0.4) is 0 Å². The Balaban J connectivity index is 2.63. The number of para-hydroxylation sites is 1. The molecule has 0 saturated carbocycles. The van der Waals surface area contributed by atoms with Crippen molar-refractivity contribution >= 4 is 33.5 Å². The van der Waals surface area contributed by atoms with Crippen molar-refractivity contribution in [2.24, 2.45) is 7.05 Å². The lowest BCUT2D eigenvalue weighted by atomic mass is 10.1. The molecule has 0 spiro atoms. The largest absolute Gasteiger partial charge is 0.350 e. The number of nitrogens with zero attached hydrogens (tertiary/aromatic N) is 1. The maximum Gasteiger partial charge on any atom is 0.0480 e. The van der Waals surface area contributed by atoms with Gasteiger partial charge < -0.3 is 4.57 Å². The summed E-state index contributed by atoms with van der Waals surface area (Å²) in [7, 11) is 2.11. The van der Waals surface area contributed by atoms with Crippen LogP contribution in [-0.2, 0) is 13.5 Å². The van der Waals surface area contributed by atoms with Crippen LogP contribution in [0.2, 0.25) is 0 Å². The van der Waals surface area contributed by atoms with Crippen molar-refractivity contribution in [2.45, 2.75) is 6.42 Å². The maximum absolute atomic E-state index is 2.42. The molecular formula is C11H12IN. The summed E-state index contributed by atoms with van der Waals surface area (Å²) < 4.78 is 3.39. The van der Waals surface area contributed by atoms with E-state index >= 15 is 0 Å². The first-order valence-electron chi connectivity index (χ1n) is 4.42. The van der Waals surface area contributed by atoms with Crippen LogP contribution in [0.1, 0.15) is 5.56 Å². The second kappa shape index (κ2) is 3.70. The fourth-order valence-corrected chi connectivity index (χ4v) is 2.31. The molecule has 1 heterocycles. The Hall–Kier alpha value is -0.510. The van der Waals surface area contributed by atoms with Crippen molar-refractivity contribution in [3.63, 3.8) is 0 Å². The Morgan fingerprint density at radius 3 is 2.85 bits per heavy atom. The normalized spacial score (nSPS) is 10.9. The van der Waals surface area contributed by atoms with Crippen molar-refractivity contribution < 1.29 is 0 Å². The molecular weight excluding hydrogens is 273 g/mol. The molecule has 0 saturated heterocycles. The molecule has 0 aliphatic rings. The number of halogens is 1. The first-order valence-corrected chi connectivity index (χ1v) is 5.94. The summed E-state index contributed by atoms with van der Waals surface area (Å²) in [6, 6.07) is 8.58. The van der Waals surface area contributed by atoms with Gasteiger partial charge in [0.25, 0.3) is 0 Å². The molecule has 1 aromatic carbocycles. The van der Waals surface area contributed by atoms with Crippen molar-refractivity contribution in [3.8, 4) is 0 Å². The first-order chi connectivity index (χ1) is 6.33. The van der Waals surface area contributed by atoms with Crippen LogP contribution in [0.4, 0.5) is 0 Å². The Morgan fingerprint density at radius 2 is 2.08 bits per heavy atom. The van der Waals surface area contributed by atoms with E-state index in [1.165, 1.54) is 27.3 Å². The molecule has 2 heteroatoms. The lowest BCUT2D eigenvalue weighted by molar-refractivity contribution is 0.956. The minimum atomic E-state index is 1.17. The second-order valence-corrected chi connectivity index (χ2v) is 4.30. The van der Waals surface area contributed by atoms with Gasteiger partial charge in [0.2, 0.25) is 0 Å². The highest BCUT2D eigenvalue weighted by Gasteiger charge is 2.03. The van der Waals surface area contributed by atoms with Gasteiger partial charge in [-0.1, -0.05) is 40.8 Å². The molecule has 1 nitrogen and oxygen atoms in total. The van der Waals surface area contributed by atoms with Gasteiger partial charge in [0.05, 0.1) is 0 Å². The molecule has 0 bridgehead atoms. The van der Waals surface area contributed by atoms with E-state index < -0.39 is 0 Å². The lowest BCUT2D eigenvalue weighted by Crippen LogP contribution is -1.83. The molecule has 0 atom stereocenters. The van der Waals surface area contributed by atoms with Crippen molar-refractivity contribution in [3.05, 3.63) is 36.0 Å². The quantitative estimate of drug-likeness (QED) is 0.590. The summed E-state index contributed by atoms with van der Waals surface area (Å²) in [6.45, 7) is 0. The topological polar surface area (TPSA) is 4.93 Å². The van der Waals surface area contributed by atoms with Crippen LogP contribution in [0, 0.1) is 0 Å². The van der Waals surface area contributed by atoms with Gasteiger partial charge in [-0.05, 0) is 18.1 Å². The molecule has 0 aliphatic heterocycles. The molecule has 0 radical (unpaired) electrons. The van der Waals surface area contributed by atoms with Gasteiger partial charge >= 0.3 is 0 Å². The minimum Gasteiger partial charge on any atom is -0.350 e. The average molecular weight is 285 g/mol. The number of fused-ring (bicyclic) bond motifs is 1. The van der Waals surface area contributed by atoms with Gasteiger partial charge in [0, 0.05) is 28.6 Å². The minimum absolute atomic E-state index is 1.17. The van der Waals surface area contributed by atoms with E-state index in [0.717, 1.165) is 0 Å². The number of rotatable bonds is 2. The SMILES string of the molecule is Cn1cc(CCI)c2ccccc21. The monoisotopic (exact) mass is 285 g/mol. The zero-order chi connectivity index (χ0) is 9.26. The molecule has 13 heavy (non-hydrogen) atoms. The van der Waals surface area contributed by atoms with Gasteiger partial charge in [-0.3, -0.25) is 0 Å². The molecule has 0 unspecified atom stereocenters. The third-order valence-electron chi connectivity index (χ3n) is 2.34. The van der Waals surface area contributed by atoms with Crippen molar-refractivity contribution in [2.75, 3.05) is 4.43 Å². The summed E-state index contributed by atoms with van der Waals surface area (Å²) in [4.78, 5) is 0. The van der Waals surface area contributed by atoms with Crippen LogP contribution < -0.4 is 0 Å². The van der Waals surface area contributed by atoms with E-state index in [2.05, 4.69) is 64.7 Å². The number of aromatic nitrogens is 1. The molecule has 1 aromatic heterocycles. The summed E-state index contributed by atoms with van der Waals surface area (Å²) in [5, 5.41) is 1.40. The molecule has 2 aromatic rings. The molecule has 0 amide bonds. The Morgan fingerprint density at radius 1 is 1.31 bits per heavy atom. The van der Waals surface area contributed by atoms with Crippen LogP contribution in [0.25, 0.3) is 10.9 Å². The molecule has 2 rings (SSSR count). The van der Waals surface area contributed by atoms with Gasteiger partial charge in [-0.25, -0.2) is 0 Å². The summed E-state index contributed by atoms with van der Waals surface area (Å²) in [6.07, 6.45) is 3.41. The fourth-order valence-electron chi connectivity index (χ4n) is 1.73. The van der Waals surface area contributed by atoms with Crippen LogP contribution in [0.5, 0.6) is 0 Å². The average Bonchev–Trinajstić information content (AvgIpc) is 2.46. The smallest absolute Gasteiger partial charge is 0.0480 e. The van der Waals surface area contributed by atoms with Gasteiger partial charge in [0.15, 0.2) is 0 Å². The van der Waals surface area contributed by atoms with Gasteiger partial charge in [-0.2, -0.15) is 0 Å². The second-order valence-electron chi connectivity index (χ2n) is 3.22. The molecule has 0 aliphatic carbocycles. The van der Waals surface area contributed by atoms with Crippen molar-refractivity contribution in [1.29, 1.82) is 0 Å². The van der Waals surface area contributed by atoms with Crippen LogP contribution in [-0.4, -0.2) is 8.99 Å². The number of alkyl halides is 1. The van der Waals surface area contributed by atoms with Crippen LogP contribution >= 0.6 is 22.6 Å². The Labute approximate surface area is 91.9 Å². The number of aryl methyl sites for hydroxylation is 2. The highest BCUT2D eigenvalue weighted by atomic mass is 127. The van der Waals surface area contributed by atoms with E-state index in [1.54, 1.807) is 0 Å². The van der Waals surface area contributed by atoms with E-state index in [1.807, 2.05) is 0 Å². The number of hydrogen-bond acceptors (Lipinski definition) is 0. The summed E-state index contributed by atoms with van der Waals surface area (Å²) >= 11 is 2.42. The standard InChI is InChI=1S/C11H12IN/c1-13-8-9(6-7-12)10-4-2-3-5-11(10)13/h2-5,8H,6-7H2,1H3. The Bertz CT molecular complexity index is 417. The zero-order valence-electron chi connectivity index (χ0n) is 7.63. The predicted molar refractivity (Wildman–Crippen MR) is 65.5 cm³/mol. The van der Waals surface area contributed by atoms with E-state index in [-0.39, 0.29) is 0 Å². The first kappa shape index (κ1) is 9.06. The van der Waals surface area contributed by atoms with E-state index in [0.29, 0.717) is 0 Å². The lowest BCUT2D eigenvalue weighted by Gasteiger charge is -1.94. The third kappa shape index (κ3) is 1.59. The van der Waals surface area contributed by atoms with Crippen LogP contribution in [0.15, 0.2) is 30.5 Å². The Kier molecular flexibility index (Phi) is 2.58. The van der Waals surface area contributed by atoms with Gasteiger partial charge in [-0.15, -0.1) is 0 Å². The molecule has 0 N–H and O–H groups in total. The highest BCUT2D eigenvalue weighted by molar-refractivity contribution is 14.1. The zero-order valence-corrected chi connectivity index (χ0v) is 9.78. The number of hydrogen-bond donors (Lipinski definition) is 0. The van der Waals surface area contributed by atoms with E-state index in [9.17, 15) is 0 Å². The third-order valence-corrected chi connectivity index (χ3v) is 2.88. The maximum atomic E-state index is 2.42. The molecule has 68 valence electrons. The highest BCUT2D eigenvalue weighted by Crippen LogP contribution is 2.20. The molecule has 0 fully saturated rings. The van der Waals surface area contributed by atoms with Crippen molar-refractivity contribution in [1.82, 2.24) is 4.57 Å². The number of benzene rings is 1. The summed E-state index contributed by atoms with van der Waals surface area (Å²) in [5.41, 5.74) is 2.80. The predicted octanol–water partition coefficient (Wildman–Crippen LogP) is 3.16. The fraction of sp³-hybridized carbons (Fsp3) is 0.273. The van der Waals surface area contributed by atoms with E-state index in [4.69, 9.17) is 0 Å². The summed E-state index contributed by atoms with van der Waals surface area (Å²) in [5.74, 6) is 0.